The first-order chi connectivity index (χ1) is 37.1. The Morgan fingerprint density at radius 2 is 1.08 bits per heavy atom. The number of fused-ring (bicyclic) bond motifs is 1. The lowest BCUT2D eigenvalue weighted by Gasteiger charge is -2.29. The molecule has 2 rings (SSSR count). The second-order valence-electron chi connectivity index (χ2n) is 20.4. The van der Waals surface area contributed by atoms with Gasteiger partial charge in [0.15, 0.2) is 0 Å². The van der Waals surface area contributed by atoms with Crippen LogP contribution in [0.3, 0.4) is 0 Å². The van der Waals surface area contributed by atoms with E-state index in [1.807, 2.05) is 0 Å². The molecule has 27 heteroatoms. The van der Waals surface area contributed by atoms with Crippen molar-refractivity contribution in [3.05, 3.63) is 36.0 Å². The van der Waals surface area contributed by atoms with Gasteiger partial charge in [-0.1, -0.05) is 66.2 Å². The fourth-order valence-electron chi connectivity index (χ4n) is 8.25. The molecule has 27 nitrogen and oxygen atoms in total. The molecule has 0 aliphatic heterocycles. The number of aliphatic hydroxyl groups excluding tert-OH is 1. The zero-order valence-electron chi connectivity index (χ0n) is 46.2. The highest BCUT2D eigenvalue weighted by Crippen LogP contribution is 2.20. The number of para-hydroxylation sites is 1. The third-order valence-electron chi connectivity index (χ3n) is 12.7. The number of aromatic amines is 1. The molecule has 17 N–H and O–H groups in total. The number of aromatic nitrogens is 1. The molecule has 440 valence electrons. The Balaban J connectivity index is 2.48. The Bertz CT molecular complexity index is 2450. The molecule has 0 spiro atoms. The summed E-state index contributed by atoms with van der Waals surface area (Å²) >= 11 is 0. The number of hydrogen-bond acceptors (Lipinski definition) is 14. The van der Waals surface area contributed by atoms with Crippen LogP contribution in [0, 0.1) is 17.8 Å². The molecule has 0 saturated heterocycles. The molecule has 0 aliphatic carbocycles. The molecule has 1 aromatic heterocycles. The van der Waals surface area contributed by atoms with Gasteiger partial charge in [-0.3, -0.25) is 57.5 Å². The average molecular weight is 1120 g/mol. The fourth-order valence-corrected chi connectivity index (χ4v) is 8.25. The number of primary amides is 1. The zero-order valence-corrected chi connectivity index (χ0v) is 46.2. The summed E-state index contributed by atoms with van der Waals surface area (Å²) in [6.45, 7) is 12.1. The van der Waals surface area contributed by atoms with Crippen molar-refractivity contribution in [1.82, 2.24) is 52.8 Å². The largest absolute Gasteiger partial charge is 0.481 e. The molecule has 1 heterocycles. The van der Waals surface area contributed by atoms with Crippen molar-refractivity contribution < 1.29 is 72.9 Å². The van der Waals surface area contributed by atoms with E-state index < -0.39 is 157 Å². The Kier molecular flexibility index (Phi) is 28.7. The maximum absolute atomic E-state index is 14.4. The monoisotopic (exact) mass is 1110 g/mol. The number of rotatable bonds is 36. The van der Waals surface area contributed by atoms with Crippen LogP contribution in [0.2, 0.25) is 0 Å². The van der Waals surface area contributed by atoms with Crippen LogP contribution in [-0.2, 0) is 64.0 Å². The van der Waals surface area contributed by atoms with Crippen molar-refractivity contribution >= 4 is 81.9 Å². The number of hydrogen-bond donors (Lipinski definition) is 15. The van der Waals surface area contributed by atoms with Crippen molar-refractivity contribution in [1.29, 1.82) is 0 Å². The van der Waals surface area contributed by atoms with Crippen LogP contribution in [0.4, 0.5) is 0 Å². The number of carboxylic acid groups (broad SMARTS) is 2. The van der Waals surface area contributed by atoms with Crippen LogP contribution in [0.15, 0.2) is 30.5 Å². The van der Waals surface area contributed by atoms with Gasteiger partial charge in [0.1, 0.15) is 54.4 Å². The fraction of sp³-hybridized carbons (Fsp3) is 0.615. The summed E-state index contributed by atoms with van der Waals surface area (Å²) in [5.74, 6) is -12.8. The number of unbranched alkanes of at least 4 members (excludes halogenated alkanes) is 1. The second kappa shape index (κ2) is 33.6. The Hall–Kier alpha value is -7.68. The summed E-state index contributed by atoms with van der Waals surface area (Å²) in [5, 5.41) is 52.3. The minimum Gasteiger partial charge on any atom is -0.481 e. The average Bonchev–Trinajstić information content (AvgIpc) is 3.79. The van der Waals surface area contributed by atoms with E-state index in [0.717, 1.165) is 0 Å². The minimum absolute atomic E-state index is 0.0555. The summed E-state index contributed by atoms with van der Waals surface area (Å²) in [6.07, 6.45) is 0.398. The molecule has 0 aliphatic rings. The van der Waals surface area contributed by atoms with E-state index in [9.17, 15) is 72.9 Å². The normalized spacial score (nSPS) is 15.0. The minimum atomic E-state index is -1.89. The molecule has 0 saturated carbocycles. The second-order valence-corrected chi connectivity index (χ2v) is 20.4. The number of H-pyrrole nitrogens is 1. The number of benzene rings is 1. The number of amides is 10. The number of aliphatic hydroxyl groups is 1. The highest BCUT2D eigenvalue weighted by Gasteiger charge is 2.37. The molecule has 79 heavy (non-hydrogen) atoms. The first kappa shape index (κ1) is 67.4. The first-order valence-electron chi connectivity index (χ1n) is 26.4. The van der Waals surface area contributed by atoms with Crippen molar-refractivity contribution in [3.8, 4) is 0 Å². The van der Waals surface area contributed by atoms with Gasteiger partial charge in [0.05, 0.1) is 13.0 Å². The maximum Gasteiger partial charge on any atom is 0.305 e. The van der Waals surface area contributed by atoms with Gasteiger partial charge in [-0.15, -0.1) is 0 Å². The van der Waals surface area contributed by atoms with Crippen LogP contribution in [0.5, 0.6) is 0 Å². The highest BCUT2D eigenvalue weighted by atomic mass is 16.4. The molecule has 0 fully saturated rings. The number of carbonyl (C=O) groups is 12. The SMILES string of the molecule is CC[C@H](C)[C@H](NC(=O)[C@H](CCC(=O)O)NC(=O)[C@H](CC(C)C)NC(C)=O)C(=O)N[C@@H](CC(=O)O)C(=O)N[C@@H](CCCCN)C(=O)N[C@@H](Cc1c[nH]c2ccccc12)C(=O)N[C@@H](C)C(=O)N[C@@H](CO)C(=O)N[C@@H](CC(C)C)C(N)=O. The quantitative estimate of drug-likeness (QED) is 0.0335. The van der Waals surface area contributed by atoms with Crippen LogP contribution in [0.1, 0.15) is 119 Å². The lowest BCUT2D eigenvalue weighted by molar-refractivity contribution is -0.142. The van der Waals surface area contributed by atoms with E-state index >= 15 is 0 Å². The van der Waals surface area contributed by atoms with Crippen molar-refractivity contribution in [3.63, 3.8) is 0 Å². The van der Waals surface area contributed by atoms with Crippen LogP contribution >= 0.6 is 0 Å². The predicted octanol–water partition coefficient (Wildman–Crippen LogP) is -1.80. The molecule has 10 amide bonds. The summed E-state index contributed by atoms with van der Waals surface area (Å²) in [4.78, 5) is 162. The van der Waals surface area contributed by atoms with Gasteiger partial charge in [-0.05, 0) is 81.4 Å². The van der Waals surface area contributed by atoms with Gasteiger partial charge < -0.3 is 79.6 Å². The van der Waals surface area contributed by atoms with Crippen molar-refractivity contribution in [2.75, 3.05) is 13.2 Å². The lowest BCUT2D eigenvalue weighted by atomic mass is 9.96. The maximum atomic E-state index is 14.4. The number of aliphatic carboxylic acids is 2. The molecule has 1 aromatic carbocycles. The number of nitrogens with two attached hydrogens (primary N) is 2. The smallest absolute Gasteiger partial charge is 0.305 e. The molecule has 10 atom stereocenters. The number of carboxylic acids is 2. The zero-order chi connectivity index (χ0) is 59.7. The molecular weight excluding hydrogens is 1030 g/mol. The van der Waals surface area contributed by atoms with Crippen LogP contribution in [-0.4, -0.2) is 159 Å². The van der Waals surface area contributed by atoms with Gasteiger partial charge in [0.25, 0.3) is 0 Å². The molecular formula is C52H82N12O15. The van der Waals surface area contributed by atoms with Crippen molar-refractivity contribution in [2.24, 2.45) is 29.2 Å². The van der Waals surface area contributed by atoms with Crippen molar-refractivity contribution in [2.45, 2.75) is 174 Å². The Morgan fingerprint density at radius 1 is 0.570 bits per heavy atom. The molecule has 0 bridgehead atoms. The van der Waals surface area contributed by atoms with Gasteiger partial charge >= 0.3 is 11.9 Å². The lowest BCUT2D eigenvalue weighted by Crippen LogP contribution is -2.61. The topological polar surface area (TPSA) is 442 Å². The third-order valence-corrected chi connectivity index (χ3v) is 12.7. The standard InChI is InChI=1S/C52H82N12O15/c1-9-28(6)43(64-47(74)35(17-18-41(67)68)59-49(76)37(21-27(4)5)57-30(8)66)52(79)62-39(23-42(69)70)50(77)58-34(16-12-13-19-53)46(73)61-38(22-31-24-55-33-15-11-10-14-32(31)33)48(75)56-29(7)45(72)63-40(25-65)51(78)60-36(44(54)71)20-26(2)3/h10-11,14-15,24,26-29,34-40,43,55,65H,9,12-13,16-23,25,53H2,1-8H3,(H2,54,71)(H,56,75)(H,57,66)(H,58,77)(H,59,76)(H,60,78)(H,61,73)(H,62,79)(H,63,72)(H,64,74)(H,67,68)(H,69,70)/t28-,29-,34-,35-,36-,37-,38-,39-,40-,43-/m0/s1. The van der Waals surface area contributed by atoms with E-state index in [2.05, 4.69) is 52.8 Å². The molecule has 0 unspecified atom stereocenters. The summed E-state index contributed by atoms with van der Waals surface area (Å²) < 4.78 is 0. The van der Waals surface area contributed by atoms with E-state index in [1.165, 1.54) is 13.8 Å². The highest BCUT2D eigenvalue weighted by molar-refractivity contribution is 5.99. The number of carbonyl (C=O) groups excluding carboxylic acids is 10. The Morgan fingerprint density at radius 3 is 1.63 bits per heavy atom. The molecule has 2 aromatic rings. The Labute approximate surface area is 458 Å². The predicted molar refractivity (Wildman–Crippen MR) is 287 cm³/mol. The van der Waals surface area contributed by atoms with Crippen LogP contribution in [0.25, 0.3) is 10.9 Å². The van der Waals surface area contributed by atoms with Gasteiger partial charge in [-0.2, -0.15) is 0 Å². The third kappa shape index (κ3) is 23.4. The van der Waals surface area contributed by atoms with Gasteiger partial charge in [0.2, 0.25) is 59.1 Å². The van der Waals surface area contributed by atoms with E-state index in [1.54, 1.807) is 72.0 Å². The van der Waals surface area contributed by atoms with Gasteiger partial charge in [-0.25, -0.2) is 0 Å². The first-order valence-corrected chi connectivity index (χ1v) is 26.4. The van der Waals surface area contributed by atoms with E-state index in [-0.39, 0.29) is 56.9 Å². The number of nitrogens with one attached hydrogen (secondary N) is 10. The van der Waals surface area contributed by atoms with E-state index in [4.69, 9.17) is 11.5 Å². The summed E-state index contributed by atoms with van der Waals surface area (Å²) in [6, 6.07) is -6.03. The van der Waals surface area contributed by atoms with Crippen LogP contribution < -0.4 is 59.3 Å². The summed E-state index contributed by atoms with van der Waals surface area (Å²) in [5.41, 5.74) is 12.4. The molecule has 0 radical (unpaired) electrons. The van der Waals surface area contributed by atoms with Gasteiger partial charge in [0, 0.05) is 36.9 Å². The summed E-state index contributed by atoms with van der Waals surface area (Å²) in [7, 11) is 0. The van der Waals surface area contributed by atoms with E-state index in [0.29, 0.717) is 22.9 Å².